The molecule has 1 rings (SSSR count). The van der Waals surface area contributed by atoms with Crippen LogP contribution in [0.4, 0.5) is 4.79 Å². The second-order valence-electron chi connectivity index (χ2n) is 3.30. The minimum absolute atomic E-state index is 0.321. The van der Waals surface area contributed by atoms with Crippen LogP contribution in [0.1, 0.15) is 5.56 Å². The van der Waals surface area contributed by atoms with Gasteiger partial charge in [0.1, 0.15) is 0 Å². The topological polar surface area (TPSA) is 67.8 Å². The molecule has 0 spiro atoms. The number of hydrogen-bond acceptors (Lipinski definition) is 3. The standard InChI is InChI=1S/C11H14ClNO4/c1-16-9-6-7(3-4-13-11(14)15)5-8(12)10(9)17-2/h5-6,13H,3-4H2,1-2H3,(H,14,15). The van der Waals surface area contributed by atoms with E-state index in [0.29, 0.717) is 29.5 Å². The maximum atomic E-state index is 10.3. The highest BCUT2D eigenvalue weighted by Crippen LogP contribution is 2.35. The van der Waals surface area contributed by atoms with Gasteiger partial charge >= 0.3 is 6.09 Å². The Morgan fingerprint density at radius 2 is 2.12 bits per heavy atom. The van der Waals surface area contributed by atoms with E-state index in [9.17, 15) is 4.79 Å². The molecule has 1 aromatic rings. The normalized spacial score (nSPS) is 9.82. The predicted molar refractivity (Wildman–Crippen MR) is 64.3 cm³/mol. The van der Waals surface area contributed by atoms with Gasteiger partial charge in [0.15, 0.2) is 11.5 Å². The van der Waals surface area contributed by atoms with E-state index in [4.69, 9.17) is 26.2 Å². The van der Waals surface area contributed by atoms with E-state index in [2.05, 4.69) is 5.32 Å². The third-order valence-electron chi connectivity index (χ3n) is 2.18. The van der Waals surface area contributed by atoms with E-state index >= 15 is 0 Å². The van der Waals surface area contributed by atoms with Gasteiger partial charge in [0.05, 0.1) is 19.2 Å². The number of amides is 1. The summed E-state index contributed by atoms with van der Waals surface area (Å²) < 4.78 is 10.2. The van der Waals surface area contributed by atoms with Crippen molar-refractivity contribution in [3.63, 3.8) is 0 Å². The molecule has 0 aliphatic rings. The summed E-state index contributed by atoms with van der Waals surface area (Å²) in [5.74, 6) is 1.01. The molecular weight excluding hydrogens is 246 g/mol. The zero-order chi connectivity index (χ0) is 12.8. The summed E-state index contributed by atoms with van der Waals surface area (Å²) in [6.45, 7) is 0.321. The maximum absolute atomic E-state index is 10.3. The number of rotatable bonds is 5. The molecular formula is C11H14ClNO4. The summed E-state index contributed by atoms with van der Waals surface area (Å²) in [5, 5.41) is 11.2. The maximum Gasteiger partial charge on any atom is 0.404 e. The van der Waals surface area contributed by atoms with Crippen LogP contribution < -0.4 is 14.8 Å². The number of benzene rings is 1. The number of hydrogen-bond donors (Lipinski definition) is 2. The van der Waals surface area contributed by atoms with Crippen LogP contribution in [-0.4, -0.2) is 32.0 Å². The fraction of sp³-hybridized carbons (Fsp3) is 0.364. The van der Waals surface area contributed by atoms with Crippen molar-refractivity contribution in [2.45, 2.75) is 6.42 Å². The first kappa shape index (κ1) is 13.4. The highest BCUT2D eigenvalue weighted by atomic mass is 35.5. The summed E-state index contributed by atoms with van der Waals surface area (Å²) in [5.41, 5.74) is 0.876. The summed E-state index contributed by atoms with van der Waals surface area (Å²) in [7, 11) is 3.03. The molecule has 0 bridgehead atoms. The lowest BCUT2D eigenvalue weighted by molar-refractivity contribution is 0.194. The Morgan fingerprint density at radius 3 is 2.65 bits per heavy atom. The largest absolute Gasteiger partial charge is 0.493 e. The molecule has 0 heterocycles. The van der Waals surface area contributed by atoms with E-state index in [1.54, 1.807) is 12.1 Å². The average molecular weight is 260 g/mol. The minimum atomic E-state index is -1.04. The fourth-order valence-corrected chi connectivity index (χ4v) is 1.74. The molecule has 1 amide bonds. The number of halogens is 1. The van der Waals surface area contributed by atoms with Gasteiger partial charge < -0.3 is 19.9 Å². The lowest BCUT2D eigenvalue weighted by Gasteiger charge is -2.11. The van der Waals surface area contributed by atoms with Crippen LogP contribution in [-0.2, 0) is 6.42 Å². The van der Waals surface area contributed by atoms with Crippen molar-refractivity contribution >= 4 is 17.7 Å². The lowest BCUT2D eigenvalue weighted by Crippen LogP contribution is -2.23. The van der Waals surface area contributed by atoms with Crippen LogP contribution >= 0.6 is 11.6 Å². The first-order valence-corrected chi connectivity index (χ1v) is 5.33. The zero-order valence-electron chi connectivity index (χ0n) is 9.62. The Morgan fingerprint density at radius 1 is 1.41 bits per heavy atom. The van der Waals surface area contributed by atoms with Gasteiger partial charge in [-0.15, -0.1) is 0 Å². The molecule has 17 heavy (non-hydrogen) atoms. The van der Waals surface area contributed by atoms with Gasteiger partial charge in [0, 0.05) is 6.54 Å². The summed E-state index contributed by atoms with van der Waals surface area (Å²) in [6.07, 6.45) is -0.511. The van der Waals surface area contributed by atoms with Gasteiger partial charge in [-0.3, -0.25) is 0 Å². The highest BCUT2D eigenvalue weighted by Gasteiger charge is 2.10. The molecule has 0 radical (unpaired) electrons. The molecule has 2 N–H and O–H groups in total. The molecule has 0 aliphatic carbocycles. The Kier molecular flexibility index (Phi) is 4.90. The smallest absolute Gasteiger partial charge is 0.404 e. The molecule has 0 aromatic heterocycles. The molecule has 1 aromatic carbocycles. The van der Waals surface area contributed by atoms with Crippen LogP contribution in [0.25, 0.3) is 0 Å². The Labute approximate surface area is 104 Å². The van der Waals surface area contributed by atoms with Gasteiger partial charge in [0.25, 0.3) is 0 Å². The van der Waals surface area contributed by atoms with Crippen molar-refractivity contribution in [3.05, 3.63) is 22.7 Å². The van der Waals surface area contributed by atoms with Crippen LogP contribution in [0.15, 0.2) is 12.1 Å². The molecule has 6 heteroatoms. The second kappa shape index (κ2) is 6.20. The predicted octanol–water partition coefficient (Wildman–Crippen LogP) is 2.17. The van der Waals surface area contributed by atoms with E-state index in [1.807, 2.05) is 0 Å². The molecule has 5 nitrogen and oxygen atoms in total. The molecule has 0 unspecified atom stereocenters. The molecule has 94 valence electrons. The number of carboxylic acid groups (broad SMARTS) is 1. The van der Waals surface area contributed by atoms with E-state index < -0.39 is 6.09 Å². The summed E-state index contributed by atoms with van der Waals surface area (Å²) >= 11 is 6.01. The number of methoxy groups -OCH3 is 2. The van der Waals surface area contributed by atoms with Gasteiger partial charge in [-0.05, 0) is 24.1 Å². The second-order valence-corrected chi connectivity index (χ2v) is 3.70. The lowest BCUT2D eigenvalue weighted by atomic mass is 10.1. The fourth-order valence-electron chi connectivity index (χ4n) is 1.43. The van der Waals surface area contributed by atoms with E-state index in [0.717, 1.165) is 5.56 Å². The molecule has 0 aliphatic heterocycles. The SMILES string of the molecule is COc1cc(CCNC(=O)O)cc(Cl)c1OC. The molecule has 0 fully saturated rings. The van der Waals surface area contributed by atoms with Crippen LogP contribution in [0, 0.1) is 0 Å². The minimum Gasteiger partial charge on any atom is -0.493 e. The summed E-state index contributed by atoms with van der Waals surface area (Å²) in [4.78, 5) is 10.3. The zero-order valence-corrected chi connectivity index (χ0v) is 10.4. The number of ether oxygens (including phenoxy) is 2. The molecule has 0 saturated heterocycles. The monoisotopic (exact) mass is 259 g/mol. The van der Waals surface area contributed by atoms with Gasteiger partial charge in [-0.1, -0.05) is 11.6 Å². The van der Waals surface area contributed by atoms with Gasteiger partial charge in [0.2, 0.25) is 0 Å². The van der Waals surface area contributed by atoms with Gasteiger partial charge in [-0.2, -0.15) is 0 Å². The van der Waals surface area contributed by atoms with Crippen molar-refractivity contribution in [1.29, 1.82) is 0 Å². The first-order valence-electron chi connectivity index (χ1n) is 4.95. The summed E-state index contributed by atoms with van der Waals surface area (Å²) in [6, 6.07) is 3.50. The van der Waals surface area contributed by atoms with E-state index in [-0.39, 0.29) is 0 Å². The Balaban J connectivity index is 2.80. The van der Waals surface area contributed by atoms with Gasteiger partial charge in [-0.25, -0.2) is 4.79 Å². The van der Waals surface area contributed by atoms with Crippen LogP contribution in [0.5, 0.6) is 11.5 Å². The van der Waals surface area contributed by atoms with Crippen LogP contribution in [0.3, 0.4) is 0 Å². The highest BCUT2D eigenvalue weighted by molar-refractivity contribution is 6.32. The number of carbonyl (C=O) groups is 1. The van der Waals surface area contributed by atoms with Crippen molar-refractivity contribution in [2.75, 3.05) is 20.8 Å². The van der Waals surface area contributed by atoms with Crippen molar-refractivity contribution in [3.8, 4) is 11.5 Å². The van der Waals surface area contributed by atoms with Crippen molar-refractivity contribution in [1.82, 2.24) is 5.32 Å². The third-order valence-corrected chi connectivity index (χ3v) is 2.46. The Hall–Kier alpha value is -1.62. The average Bonchev–Trinajstić information content (AvgIpc) is 2.27. The van der Waals surface area contributed by atoms with Crippen LogP contribution in [0.2, 0.25) is 5.02 Å². The van der Waals surface area contributed by atoms with Crippen molar-refractivity contribution < 1.29 is 19.4 Å². The third kappa shape index (κ3) is 3.71. The molecule has 0 atom stereocenters. The number of nitrogens with one attached hydrogen (secondary N) is 1. The van der Waals surface area contributed by atoms with E-state index in [1.165, 1.54) is 14.2 Å². The van der Waals surface area contributed by atoms with Crippen molar-refractivity contribution in [2.24, 2.45) is 0 Å². The quantitative estimate of drug-likeness (QED) is 0.850. The Bertz CT molecular complexity index is 409. The molecule has 0 saturated carbocycles. The first-order chi connectivity index (χ1) is 8.08.